The number of nitrogens with zero attached hydrogens (tertiary/aromatic N) is 1. The predicted octanol–water partition coefficient (Wildman–Crippen LogP) is 3.65. The number of nitrogens with one attached hydrogen (secondary N) is 1. The van der Waals surface area contributed by atoms with Gasteiger partial charge in [0.15, 0.2) is 0 Å². The van der Waals surface area contributed by atoms with Gasteiger partial charge in [-0.1, -0.05) is 30.3 Å². The van der Waals surface area contributed by atoms with Crippen LogP contribution in [0.1, 0.15) is 22.7 Å². The van der Waals surface area contributed by atoms with Crippen molar-refractivity contribution in [3.63, 3.8) is 0 Å². The highest BCUT2D eigenvalue weighted by molar-refractivity contribution is 5.24. The van der Waals surface area contributed by atoms with Crippen molar-refractivity contribution in [1.29, 1.82) is 0 Å². The highest BCUT2D eigenvalue weighted by atomic mass is 19.4. The first-order chi connectivity index (χ1) is 10.5. The number of halogens is 3. The summed E-state index contributed by atoms with van der Waals surface area (Å²) in [6, 6.07) is 12.3. The minimum absolute atomic E-state index is 0.262. The molecule has 1 N–H and O–H groups in total. The Morgan fingerprint density at radius 3 is 2.59 bits per heavy atom. The molecule has 2 atom stereocenters. The number of aromatic nitrogens is 1. The van der Waals surface area contributed by atoms with E-state index in [2.05, 4.69) is 22.4 Å². The van der Waals surface area contributed by atoms with Crippen LogP contribution in [0.25, 0.3) is 0 Å². The molecule has 0 unspecified atom stereocenters. The molecule has 0 saturated carbocycles. The molecule has 0 amide bonds. The standard InChI is InChI=1S/C17H17F3N2/c18-17(19,20)14-6-7-22-15(9-14)8-13-10-21-11-16(13)12-4-2-1-3-5-12/h1-7,9,13,16,21H,8,10-11H2/t13-,16+/m0/s1. The summed E-state index contributed by atoms with van der Waals surface area (Å²) >= 11 is 0. The molecule has 0 radical (unpaired) electrons. The van der Waals surface area contributed by atoms with Gasteiger partial charge in [0.25, 0.3) is 0 Å². The topological polar surface area (TPSA) is 24.9 Å². The SMILES string of the molecule is FC(F)(F)c1ccnc(C[C@H]2CNC[C@@H]2c2ccccc2)c1. The van der Waals surface area contributed by atoms with Crippen molar-refractivity contribution in [3.05, 3.63) is 65.5 Å². The Bertz CT molecular complexity index is 625. The minimum atomic E-state index is -4.32. The van der Waals surface area contributed by atoms with Crippen LogP contribution in [0.3, 0.4) is 0 Å². The Morgan fingerprint density at radius 2 is 1.86 bits per heavy atom. The molecule has 1 saturated heterocycles. The molecule has 2 aromatic rings. The first kappa shape index (κ1) is 15.0. The van der Waals surface area contributed by atoms with Crippen LogP contribution < -0.4 is 5.32 Å². The van der Waals surface area contributed by atoms with Gasteiger partial charge in [-0.05, 0) is 36.6 Å². The van der Waals surface area contributed by atoms with Crippen molar-refractivity contribution >= 4 is 0 Å². The monoisotopic (exact) mass is 306 g/mol. The van der Waals surface area contributed by atoms with Crippen molar-refractivity contribution < 1.29 is 13.2 Å². The molecule has 0 aliphatic carbocycles. The Morgan fingerprint density at radius 1 is 1.09 bits per heavy atom. The van der Waals surface area contributed by atoms with E-state index in [1.807, 2.05) is 18.2 Å². The summed E-state index contributed by atoms with van der Waals surface area (Å²) < 4.78 is 38.3. The normalized spacial score (nSPS) is 22.0. The molecular formula is C17H17F3N2. The average molecular weight is 306 g/mol. The zero-order chi connectivity index (χ0) is 15.6. The molecule has 1 aromatic carbocycles. The Kier molecular flexibility index (Phi) is 4.16. The zero-order valence-electron chi connectivity index (χ0n) is 12.0. The molecule has 5 heteroatoms. The summed E-state index contributed by atoms with van der Waals surface area (Å²) in [6.07, 6.45) is -2.51. The molecule has 1 aliphatic rings. The molecular weight excluding hydrogens is 289 g/mol. The number of hydrogen-bond acceptors (Lipinski definition) is 2. The zero-order valence-corrected chi connectivity index (χ0v) is 12.0. The summed E-state index contributed by atoms with van der Waals surface area (Å²) in [4.78, 5) is 4.12. The van der Waals surface area contributed by atoms with Gasteiger partial charge in [-0.3, -0.25) is 4.98 Å². The van der Waals surface area contributed by atoms with E-state index in [0.717, 1.165) is 19.2 Å². The number of hydrogen-bond donors (Lipinski definition) is 1. The van der Waals surface area contributed by atoms with Crippen LogP contribution in [-0.4, -0.2) is 18.1 Å². The van der Waals surface area contributed by atoms with E-state index in [0.29, 0.717) is 18.0 Å². The molecule has 0 bridgehead atoms. The summed E-state index contributed by atoms with van der Waals surface area (Å²) in [6.45, 7) is 1.66. The number of benzene rings is 1. The van der Waals surface area contributed by atoms with Crippen LogP contribution in [0.2, 0.25) is 0 Å². The van der Waals surface area contributed by atoms with Gasteiger partial charge in [-0.25, -0.2) is 0 Å². The van der Waals surface area contributed by atoms with E-state index in [4.69, 9.17) is 0 Å². The first-order valence-electron chi connectivity index (χ1n) is 7.32. The molecule has 1 aliphatic heterocycles. The highest BCUT2D eigenvalue weighted by Crippen LogP contribution is 2.32. The fourth-order valence-corrected chi connectivity index (χ4v) is 3.07. The van der Waals surface area contributed by atoms with Gasteiger partial charge in [0.2, 0.25) is 0 Å². The van der Waals surface area contributed by atoms with Gasteiger partial charge in [-0.15, -0.1) is 0 Å². The van der Waals surface area contributed by atoms with Crippen molar-refractivity contribution in [3.8, 4) is 0 Å². The maximum Gasteiger partial charge on any atom is 0.416 e. The van der Waals surface area contributed by atoms with Crippen molar-refractivity contribution in [2.24, 2.45) is 5.92 Å². The average Bonchev–Trinajstić information content (AvgIpc) is 2.96. The lowest BCUT2D eigenvalue weighted by molar-refractivity contribution is -0.137. The fraction of sp³-hybridized carbons (Fsp3) is 0.353. The molecule has 2 nitrogen and oxygen atoms in total. The van der Waals surface area contributed by atoms with Crippen LogP contribution in [-0.2, 0) is 12.6 Å². The number of pyridine rings is 1. The highest BCUT2D eigenvalue weighted by Gasteiger charge is 2.32. The molecule has 1 fully saturated rings. The lowest BCUT2D eigenvalue weighted by Gasteiger charge is -2.19. The van der Waals surface area contributed by atoms with Crippen molar-refractivity contribution in [2.45, 2.75) is 18.5 Å². The Labute approximate surface area is 127 Å². The van der Waals surface area contributed by atoms with Gasteiger partial charge < -0.3 is 5.32 Å². The molecule has 116 valence electrons. The molecule has 1 aromatic heterocycles. The number of rotatable bonds is 3. The van der Waals surface area contributed by atoms with E-state index in [1.165, 1.54) is 17.8 Å². The summed E-state index contributed by atoms with van der Waals surface area (Å²) in [5.74, 6) is 0.580. The van der Waals surface area contributed by atoms with Crippen LogP contribution in [0, 0.1) is 5.92 Å². The Balaban J connectivity index is 1.78. The van der Waals surface area contributed by atoms with E-state index in [-0.39, 0.29) is 5.92 Å². The van der Waals surface area contributed by atoms with Crippen LogP contribution in [0.15, 0.2) is 48.7 Å². The molecule has 3 rings (SSSR count). The smallest absolute Gasteiger partial charge is 0.316 e. The van der Waals surface area contributed by atoms with E-state index in [1.54, 1.807) is 0 Å². The largest absolute Gasteiger partial charge is 0.416 e. The number of alkyl halides is 3. The summed E-state index contributed by atoms with van der Waals surface area (Å²) in [5, 5.41) is 3.34. The van der Waals surface area contributed by atoms with Crippen molar-refractivity contribution in [2.75, 3.05) is 13.1 Å². The van der Waals surface area contributed by atoms with Gasteiger partial charge in [0, 0.05) is 24.4 Å². The van der Waals surface area contributed by atoms with Crippen LogP contribution in [0.5, 0.6) is 0 Å². The fourth-order valence-electron chi connectivity index (χ4n) is 3.07. The second-order valence-electron chi connectivity index (χ2n) is 5.67. The Hall–Kier alpha value is -1.88. The van der Waals surface area contributed by atoms with Crippen LogP contribution >= 0.6 is 0 Å². The summed E-state index contributed by atoms with van der Waals surface area (Å²) in [7, 11) is 0. The minimum Gasteiger partial charge on any atom is -0.316 e. The predicted molar refractivity (Wildman–Crippen MR) is 78.5 cm³/mol. The third-order valence-electron chi connectivity index (χ3n) is 4.18. The van der Waals surface area contributed by atoms with Crippen molar-refractivity contribution in [1.82, 2.24) is 10.3 Å². The van der Waals surface area contributed by atoms with E-state index >= 15 is 0 Å². The lowest BCUT2D eigenvalue weighted by Crippen LogP contribution is -2.15. The lowest BCUT2D eigenvalue weighted by atomic mass is 9.86. The van der Waals surface area contributed by atoms with E-state index in [9.17, 15) is 13.2 Å². The second kappa shape index (κ2) is 6.08. The van der Waals surface area contributed by atoms with Crippen LogP contribution in [0.4, 0.5) is 13.2 Å². The molecule has 0 spiro atoms. The maximum absolute atomic E-state index is 12.8. The van der Waals surface area contributed by atoms with Gasteiger partial charge in [-0.2, -0.15) is 13.2 Å². The quantitative estimate of drug-likeness (QED) is 0.936. The second-order valence-corrected chi connectivity index (χ2v) is 5.67. The molecule has 22 heavy (non-hydrogen) atoms. The molecule has 2 heterocycles. The third-order valence-corrected chi connectivity index (χ3v) is 4.18. The van der Waals surface area contributed by atoms with E-state index < -0.39 is 11.7 Å². The van der Waals surface area contributed by atoms with Gasteiger partial charge in [0.05, 0.1) is 5.56 Å². The van der Waals surface area contributed by atoms with Gasteiger partial charge >= 0.3 is 6.18 Å². The maximum atomic E-state index is 12.8. The van der Waals surface area contributed by atoms with Gasteiger partial charge in [0.1, 0.15) is 0 Å². The third kappa shape index (κ3) is 3.30. The summed E-state index contributed by atoms with van der Waals surface area (Å²) in [5.41, 5.74) is 1.11. The first-order valence-corrected chi connectivity index (χ1v) is 7.32.